The average molecular weight is 257 g/mol. The number of nitrogens with one attached hydrogen (secondary N) is 1. The molecule has 0 saturated heterocycles. The lowest BCUT2D eigenvalue weighted by Crippen LogP contribution is -2.36. The summed E-state index contributed by atoms with van der Waals surface area (Å²) in [7, 11) is 0. The molecule has 0 aliphatic carbocycles. The van der Waals surface area contributed by atoms with Crippen LogP contribution < -0.4 is 5.32 Å². The van der Waals surface area contributed by atoms with Crippen LogP contribution in [-0.4, -0.2) is 24.2 Å². The van der Waals surface area contributed by atoms with Crippen molar-refractivity contribution in [3.63, 3.8) is 0 Å². The molecular formula is C14H21F2NO. The minimum atomic E-state index is -2.45. The maximum Gasteiger partial charge on any atom is 0.253 e. The van der Waals surface area contributed by atoms with Gasteiger partial charge < -0.3 is 10.4 Å². The van der Waals surface area contributed by atoms with Crippen molar-refractivity contribution < 1.29 is 13.9 Å². The van der Waals surface area contributed by atoms with Crippen LogP contribution in [0.15, 0.2) is 12.1 Å². The Morgan fingerprint density at radius 3 is 2.28 bits per heavy atom. The van der Waals surface area contributed by atoms with Gasteiger partial charge in [-0.3, -0.25) is 0 Å². The highest BCUT2D eigenvalue weighted by Gasteiger charge is 2.19. The molecule has 1 aromatic carbocycles. The van der Waals surface area contributed by atoms with E-state index in [1.165, 1.54) is 5.56 Å². The molecule has 0 heterocycles. The highest BCUT2D eigenvalue weighted by molar-refractivity contribution is 5.36. The predicted octanol–water partition coefficient (Wildman–Crippen LogP) is 2.72. The first kappa shape index (κ1) is 15.1. The molecule has 1 rings (SSSR count). The summed E-state index contributed by atoms with van der Waals surface area (Å²) in [6.07, 6.45) is -2.38. The first-order valence-corrected chi connectivity index (χ1v) is 6.14. The smallest absolute Gasteiger partial charge is 0.253 e. The Labute approximate surface area is 107 Å². The fraction of sp³-hybridized carbons (Fsp3) is 0.571. The largest absolute Gasteiger partial charge is 0.396 e. The van der Waals surface area contributed by atoms with Crippen molar-refractivity contribution in [1.82, 2.24) is 5.32 Å². The lowest BCUT2D eigenvalue weighted by molar-refractivity contribution is 0.0826. The van der Waals surface area contributed by atoms with Crippen molar-refractivity contribution in [3.8, 4) is 0 Å². The van der Waals surface area contributed by atoms with E-state index in [9.17, 15) is 8.78 Å². The van der Waals surface area contributed by atoms with Gasteiger partial charge in [-0.05, 0) is 49.4 Å². The molecule has 0 aliphatic heterocycles. The van der Waals surface area contributed by atoms with Crippen molar-refractivity contribution in [3.05, 3.63) is 34.4 Å². The van der Waals surface area contributed by atoms with Gasteiger partial charge in [0.25, 0.3) is 6.43 Å². The number of hydrogen-bond acceptors (Lipinski definition) is 2. The van der Waals surface area contributed by atoms with E-state index in [1.807, 2.05) is 26.8 Å². The van der Waals surface area contributed by atoms with E-state index in [1.54, 1.807) is 0 Å². The molecule has 18 heavy (non-hydrogen) atoms. The molecular weight excluding hydrogens is 236 g/mol. The van der Waals surface area contributed by atoms with E-state index >= 15 is 0 Å². The molecule has 1 aromatic rings. The topological polar surface area (TPSA) is 32.3 Å². The zero-order valence-corrected chi connectivity index (χ0v) is 11.1. The van der Waals surface area contributed by atoms with Crippen LogP contribution in [0.2, 0.25) is 0 Å². The molecule has 1 atom stereocenters. The molecule has 0 fully saturated rings. The number of aliphatic hydroxyl groups excluding tert-OH is 1. The Hall–Kier alpha value is -1.00. The van der Waals surface area contributed by atoms with Gasteiger partial charge in [-0.1, -0.05) is 12.1 Å². The summed E-state index contributed by atoms with van der Waals surface area (Å²) in [5.74, 6) is 0. The Kier molecular flexibility index (Phi) is 5.69. The van der Waals surface area contributed by atoms with Gasteiger partial charge in [0.2, 0.25) is 0 Å². The van der Waals surface area contributed by atoms with Gasteiger partial charge in [0, 0.05) is 13.2 Å². The van der Waals surface area contributed by atoms with E-state index in [-0.39, 0.29) is 13.0 Å². The standard InChI is InChI=1S/C14H21F2NO/c1-9-6-11(3)12(7-10(9)2)8-17-13(4-5-18)14(15)16/h6-7,13-14,17-18H,4-5,8H2,1-3H3. The van der Waals surface area contributed by atoms with Gasteiger partial charge in [-0.25, -0.2) is 8.78 Å². The van der Waals surface area contributed by atoms with Crippen LogP contribution >= 0.6 is 0 Å². The molecule has 0 spiro atoms. The van der Waals surface area contributed by atoms with Crippen molar-refractivity contribution in [2.75, 3.05) is 6.61 Å². The number of aryl methyl sites for hydroxylation is 3. The molecule has 1 unspecified atom stereocenters. The summed E-state index contributed by atoms with van der Waals surface area (Å²) in [4.78, 5) is 0. The number of aliphatic hydroxyl groups is 1. The highest BCUT2D eigenvalue weighted by atomic mass is 19.3. The molecule has 0 aromatic heterocycles. The average Bonchev–Trinajstić information content (AvgIpc) is 2.30. The third-order valence-electron chi connectivity index (χ3n) is 3.25. The summed E-state index contributed by atoms with van der Waals surface area (Å²) in [6, 6.07) is 3.14. The van der Waals surface area contributed by atoms with Gasteiger partial charge in [-0.2, -0.15) is 0 Å². The van der Waals surface area contributed by atoms with Gasteiger partial charge in [0.05, 0.1) is 6.04 Å². The lowest BCUT2D eigenvalue weighted by atomic mass is 10.0. The van der Waals surface area contributed by atoms with Gasteiger partial charge in [-0.15, -0.1) is 0 Å². The van der Waals surface area contributed by atoms with E-state index < -0.39 is 12.5 Å². The molecule has 2 N–H and O–H groups in total. The first-order valence-electron chi connectivity index (χ1n) is 6.14. The summed E-state index contributed by atoms with van der Waals surface area (Å²) in [5.41, 5.74) is 4.49. The second-order valence-electron chi connectivity index (χ2n) is 4.70. The molecule has 0 amide bonds. The molecule has 0 bridgehead atoms. The Bertz CT molecular complexity index is 394. The number of alkyl halides is 2. The van der Waals surface area contributed by atoms with E-state index in [0.29, 0.717) is 6.54 Å². The van der Waals surface area contributed by atoms with Crippen LogP contribution in [0.3, 0.4) is 0 Å². The maximum absolute atomic E-state index is 12.7. The van der Waals surface area contributed by atoms with Crippen LogP contribution in [0, 0.1) is 20.8 Å². The van der Waals surface area contributed by atoms with Crippen molar-refractivity contribution in [2.24, 2.45) is 0 Å². The van der Waals surface area contributed by atoms with Crippen LogP contribution in [0.25, 0.3) is 0 Å². The number of rotatable bonds is 6. The van der Waals surface area contributed by atoms with Gasteiger partial charge in [0.15, 0.2) is 0 Å². The van der Waals surface area contributed by atoms with Crippen molar-refractivity contribution >= 4 is 0 Å². The van der Waals surface area contributed by atoms with E-state index in [4.69, 9.17) is 5.11 Å². The maximum atomic E-state index is 12.7. The SMILES string of the molecule is Cc1cc(C)c(CNC(CCO)C(F)F)cc1C. The van der Waals surface area contributed by atoms with Crippen LogP contribution in [0.5, 0.6) is 0 Å². The Morgan fingerprint density at radius 2 is 1.72 bits per heavy atom. The second-order valence-corrected chi connectivity index (χ2v) is 4.70. The van der Waals surface area contributed by atoms with E-state index in [0.717, 1.165) is 16.7 Å². The minimum absolute atomic E-state index is 0.0710. The van der Waals surface area contributed by atoms with Gasteiger partial charge in [0.1, 0.15) is 0 Å². The van der Waals surface area contributed by atoms with Gasteiger partial charge >= 0.3 is 0 Å². The fourth-order valence-electron chi connectivity index (χ4n) is 1.91. The van der Waals surface area contributed by atoms with Crippen LogP contribution in [0.4, 0.5) is 8.78 Å². The molecule has 0 aliphatic rings. The van der Waals surface area contributed by atoms with Crippen molar-refractivity contribution in [1.29, 1.82) is 0 Å². The predicted molar refractivity (Wildman–Crippen MR) is 69.0 cm³/mol. The third kappa shape index (κ3) is 4.03. The summed E-state index contributed by atoms with van der Waals surface area (Å²) >= 11 is 0. The third-order valence-corrected chi connectivity index (χ3v) is 3.25. The quantitative estimate of drug-likeness (QED) is 0.821. The zero-order valence-electron chi connectivity index (χ0n) is 11.1. The Balaban J connectivity index is 2.70. The van der Waals surface area contributed by atoms with Crippen LogP contribution in [-0.2, 0) is 6.54 Å². The summed E-state index contributed by atoms with van der Waals surface area (Å²) in [5, 5.41) is 11.6. The lowest BCUT2D eigenvalue weighted by Gasteiger charge is -2.18. The molecule has 2 nitrogen and oxygen atoms in total. The van der Waals surface area contributed by atoms with E-state index in [2.05, 4.69) is 11.4 Å². The summed E-state index contributed by atoms with van der Waals surface area (Å²) in [6.45, 7) is 6.20. The highest BCUT2D eigenvalue weighted by Crippen LogP contribution is 2.16. The Morgan fingerprint density at radius 1 is 1.11 bits per heavy atom. The number of benzene rings is 1. The monoisotopic (exact) mass is 257 g/mol. The molecule has 4 heteroatoms. The summed E-state index contributed by atoms with van der Waals surface area (Å²) < 4.78 is 25.3. The number of hydrogen-bond donors (Lipinski definition) is 2. The molecule has 0 saturated carbocycles. The minimum Gasteiger partial charge on any atom is -0.396 e. The zero-order chi connectivity index (χ0) is 13.7. The van der Waals surface area contributed by atoms with Crippen LogP contribution in [0.1, 0.15) is 28.7 Å². The molecule has 102 valence electrons. The van der Waals surface area contributed by atoms with Crippen molar-refractivity contribution in [2.45, 2.75) is 46.2 Å². The number of halogens is 2. The first-order chi connectivity index (χ1) is 8.45. The molecule has 0 radical (unpaired) electrons. The normalized spacial score (nSPS) is 13.1. The second kappa shape index (κ2) is 6.81. The fourth-order valence-corrected chi connectivity index (χ4v) is 1.91.